The van der Waals surface area contributed by atoms with Crippen molar-refractivity contribution in [3.63, 3.8) is 0 Å². The van der Waals surface area contributed by atoms with Gasteiger partial charge in [0.25, 0.3) is 11.8 Å². The Morgan fingerprint density at radius 3 is 2.22 bits per heavy atom. The molecule has 0 saturated carbocycles. The molecule has 0 aliphatic rings. The maximum Gasteiger partial charge on any atom is 0.260 e. The van der Waals surface area contributed by atoms with Crippen LogP contribution >= 0.6 is 23.2 Å². The summed E-state index contributed by atoms with van der Waals surface area (Å²) in [7, 11) is 3.42. The molecule has 5 nitrogen and oxygen atoms in total. The van der Waals surface area contributed by atoms with Crippen molar-refractivity contribution in [1.82, 2.24) is 9.80 Å². The van der Waals surface area contributed by atoms with Gasteiger partial charge in [0.2, 0.25) is 0 Å². The van der Waals surface area contributed by atoms with Crippen molar-refractivity contribution in [2.24, 2.45) is 0 Å². The Kier molecular flexibility index (Phi) is 7.51. The number of ether oxygens (including phenoxy) is 1. The van der Waals surface area contributed by atoms with Gasteiger partial charge in [-0.05, 0) is 36.8 Å². The molecular formula is C20H22Cl2N2O3. The van der Waals surface area contributed by atoms with E-state index in [0.717, 1.165) is 5.56 Å². The minimum absolute atomic E-state index is 0.0556. The molecule has 0 atom stereocenters. The first-order chi connectivity index (χ1) is 12.8. The second-order valence-corrected chi connectivity index (χ2v) is 6.98. The minimum Gasteiger partial charge on any atom is -0.484 e. The van der Waals surface area contributed by atoms with Crippen molar-refractivity contribution in [1.29, 1.82) is 0 Å². The van der Waals surface area contributed by atoms with E-state index in [4.69, 9.17) is 27.9 Å². The average Bonchev–Trinajstić information content (AvgIpc) is 2.66. The number of carbonyl (C=O) groups is 2. The van der Waals surface area contributed by atoms with Crippen LogP contribution in [-0.4, -0.2) is 48.9 Å². The molecule has 0 saturated heterocycles. The van der Waals surface area contributed by atoms with Crippen molar-refractivity contribution in [2.75, 3.05) is 27.2 Å². The second-order valence-electron chi connectivity index (χ2n) is 6.17. The fourth-order valence-corrected chi connectivity index (χ4v) is 2.70. The van der Waals surface area contributed by atoms with Gasteiger partial charge < -0.3 is 14.5 Å². The third kappa shape index (κ3) is 5.88. The lowest BCUT2D eigenvalue weighted by Gasteiger charge is -2.21. The number of hydrogen-bond acceptors (Lipinski definition) is 3. The van der Waals surface area contributed by atoms with Crippen molar-refractivity contribution in [3.8, 4) is 5.75 Å². The molecule has 0 bridgehead atoms. The number of hydrogen-bond donors (Lipinski definition) is 0. The fourth-order valence-electron chi connectivity index (χ4n) is 2.41. The van der Waals surface area contributed by atoms with Crippen molar-refractivity contribution >= 4 is 35.0 Å². The van der Waals surface area contributed by atoms with Gasteiger partial charge in [-0.1, -0.05) is 35.3 Å². The van der Waals surface area contributed by atoms with E-state index >= 15 is 0 Å². The van der Waals surface area contributed by atoms with Crippen LogP contribution in [0.2, 0.25) is 10.0 Å². The molecule has 0 fully saturated rings. The molecule has 0 aliphatic heterocycles. The molecule has 2 rings (SSSR count). The van der Waals surface area contributed by atoms with Gasteiger partial charge in [-0.25, -0.2) is 0 Å². The van der Waals surface area contributed by atoms with Crippen LogP contribution in [0.25, 0.3) is 0 Å². The predicted octanol–water partition coefficient (Wildman–Crippen LogP) is 4.12. The lowest BCUT2D eigenvalue weighted by molar-refractivity contribution is -0.133. The normalized spacial score (nSPS) is 10.4. The molecule has 2 aromatic rings. The number of rotatable bonds is 7. The molecule has 0 spiro atoms. The first-order valence-electron chi connectivity index (χ1n) is 8.48. The van der Waals surface area contributed by atoms with Crippen LogP contribution in [0.4, 0.5) is 0 Å². The number of amides is 2. The zero-order chi connectivity index (χ0) is 20.0. The average molecular weight is 409 g/mol. The van der Waals surface area contributed by atoms with Gasteiger partial charge in [0, 0.05) is 38.8 Å². The largest absolute Gasteiger partial charge is 0.484 e. The van der Waals surface area contributed by atoms with E-state index in [1.807, 2.05) is 19.1 Å². The monoisotopic (exact) mass is 408 g/mol. The van der Waals surface area contributed by atoms with Crippen LogP contribution in [0, 0.1) is 0 Å². The summed E-state index contributed by atoms with van der Waals surface area (Å²) in [6.07, 6.45) is 0. The zero-order valence-corrected chi connectivity index (χ0v) is 17.0. The maximum atomic E-state index is 12.4. The van der Waals surface area contributed by atoms with E-state index in [9.17, 15) is 9.59 Å². The number of likely N-dealkylation sites (N-methyl/N-ethyl adjacent to an activating group) is 1. The van der Waals surface area contributed by atoms with Crippen molar-refractivity contribution < 1.29 is 14.3 Å². The van der Waals surface area contributed by atoms with Gasteiger partial charge in [-0.3, -0.25) is 9.59 Å². The number of benzene rings is 2. The molecule has 0 radical (unpaired) electrons. The highest BCUT2D eigenvalue weighted by Gasteiger charge is 2.14. The Bertz CT molecular complexity index is 807. The number of halogens is 2. The zero-order valence-electron chi connectivity index (χ0n) is 15.5. The fraction of sp³-hybridized carbons (Fsp3) is 0.300. The SMILES string of the molecule is CCN(Cc1ccc(C(=O)N(C)C)cc1)C(=O)COc1ccc(Cl)c(Cl)c1. The van der Waals surface area contributed by atoms with Crippen molar-refractivity contribution in [2.45, 2.75) is 13.5 Å². The Hall–Kier alpha value is -2.24. The van der Waals surface area contributed by atoms with Gasteiger partial charge in [-0.2, -0.15) is 0 Å². The highest BCUT2D eigenvalue weighted by atomic mass is 35.5. The first-order valence-corrected chi connectivity index (χ1v) is 9.23. The predicted molar refractivity (Wildman–Crippen MR) is 108 cm³/mol. The van der Waals surface area contributed by atoms with Gasteiger partial charge in [0.1, 0.15) is 5.75 Å². The molecule has 0 aromatic heterocycles. The maximum absolute atomic E-state index is 12.4. The molecule has 0 N–H and O–H groups in total. The third-order valence-electron chi connectivity index (χ3n) is 3.97. The minimum atomic E-state index is -0.142. The quantitative estimate of drug-likeness (QED) is 0.691. The Morgan fingerprint density at radius 2 is 1.67 bits per heavy atom. The highest BCUT2D eigenvalue weighted by Crippen LogP contribution is 2.26. The standard InChI is InChI=1S/C20H22Cl2N2O3/c1-4-24(12-14-5-7-15(8-6-14)20(26)23(2)3)19(25)13-27-16-9-10-17(21)18(22)11-16/h5-11H,4,12-13H2,1-3H3. The van der Waals surface area contributed by atoms with Gasteiger partial charge >= 0.3 is 0 Å². The van der Waals surface area contributed by atoms with Crippen LogP contribution < -0.4 is 4.74 Å². The Labute approximate surface area is 169 Å². The summed E-state index contributed by atoms with van der Waals surface area (Å²) in [5, 5.41) is 0.808. The Balaban J connectivity index is 1.96. The lowest BCUT2D eigenvalue weighted by Crippen LogP contribution is -2.34. The third-order valence-corrected chi connectivity index (χ3v) is 4.71. The smallest absolute Gasteiger partial charge is 0.260 e. The lowest BCUT2D eigenvalue weighted by atomic mass is 10.1. The van der Waals surface area contributed by atoms with Crippen LogP contribution in [-0.2, 0) is 11.3 Å². The summed E-state index contributed by atoms with van der Waals surface area (Å²) < 4.78 is 5.52. The molecule has 7 heteroatoms. The van der Waals surface area contributed by atoms with Gasteiger partial charge in [0.15, 0.2) is 6.61 Å². The summed E-state index contributed by atoms with van der Waals surface area (Å²) in [4.78, 5) is 27.6. The van der Waals surface area contributed by atoms with E-state index < -0.39 is 0 Å². The molecule has 0 aliphatic carbocycles. The van der Waals surface area contributed by atoms with Crippen molar-refractivity contribution in [3.05, 3.63) is 63.6 Å². The Morgan fingerprint density at radius 1 is 1.00 bits per heavy atom. The second kappa shape index (κ2) is 9.62. The van der Waals surface area contributed by atoms with Crippen LogP contribution in [0.3, 0.4) is 0 Å². The van der Waals surface area contributed by atoms with Gasteiger partial charge in [0.05, 0.1) is 10.0 Å². The van der Waals surface area contributed by atoms with Gasteiger partial charge in [-0.15, -0.1) is 0 Å². The molecular weight excluding hydrogens is 387 g/mol. The molecule has 0 unspecified atom stereocenters. The molecule has 0 heterocycles. The van der Waals surface area contributed by atoms with E-state index in [1.54, 1.807) is 49.3 Å². The molecule has 144 valence electrons. The summed E-state index contributed by atoms with van der Waals surface area (Å²) in [5.41, 5.74) is 1.55. The summed E-state index contributed by atoms with van der Waals surface area (Å²) >= 11 is 11.8. The van der Waals surface area contributed by atoms with E-state index in [0.29, 0.717) is 34.4 Å². The number of nitrogens with zero attached hydrogens (tertiary/aromatic N) is 2. The molecule has 27 heavy (non-hydrogen) atoms. The van der Waals surface area contributed by atoms with E-state index in [-0.39, 0.29) is 18.4 Å². The van der Waals surface area contributed by atoms with Crippen LogP contribution in [0.5, 0.6) is 5.75 Å². The first kappa shape index (κ1) is 21.1. The summed E-state index contributed by atoms with van der Waals surface area (Å²) in [6.45, 7) is 2.79. The molecule has 2 amide bonds. The van der Waals surface area contributed by atoms with E-state index in [2.05, 4.69) is 0 Å². The van der Waals surface area contributed by atoms with E-state index in [1.165, 1.54) is 4.90 Å². The number of carbonyl (C=O) groups excluding carboxylic acids is 2. The van der Waals surface area contributed by atoms with Crippen LogP contribution in [0.15, 0.2) is 42.5 Å². The molecule has 2 aromatic carbocycles. The highest BCUT2D eigenvalue weighted by molar-refractivity contribution is 6.42. The van der Waals surface area contributed by atoms with Crippen LogP contribution in [0.1, 0.15) is 22.8 Å². The summed E-state index contributed by atoms with van der Waals surface area (Å²) in [5.74, 6) is 0.289. The topological polar surface area (TPSA) is 49.9 Å². The summed E-state index contributed by atoms with van der Waals surface area (Å²) in [6, 6.07) is 12.1.